The van der Waals surface area contributed by atoms with Crippen LogP contribution in [0.15, 0.2) is 30.6 Å². The van der Waals surface area contributed by atoms with E-state index in [-0.39, 0.29) is 36.7 Å². The zero-order chi connectivity index (χ0) is 24.5. The van der Waals surface area contributed by atoms with E-state index in [0.29, 0.717) is 38.0 Å². The molecule has 184 valence electrons. The lowest BCUT2D eigenvalue weighted by Crippen LogP contribution is -2.48. The van der Waals surface area contributed by atoms with Crippen molar-refractivity contribution in [3.05, 3.63) is 47.5 Å². The van der Waals surface area contributed by atoms with Gasteiger partial charge in [0.05, 0.1) is 24.3 Å². The van der Waals surface area contributed by atoms with Gasteiger partial charge in [-0.1, -0.05) is 12.1 Å². The first-order valence-corrected chi connectivity index (χ1v) is 11.0. The van der Waals surface area contributed by atoms with E-state index >= 15 is 4.39 Å². The molecule has 2 saturated heterocycles. The average Bonchev–Trinajstić information content (AvgIpc) is 2.74. The van der Waals surface area contributed by atoms with Gasteiger partial charge in [-0.05, 0) is 37.1 Å². The standard InChI is InChI=1S/C22H26F4N6O2/c23-19-20(28-9-14-5-7-31(10-17(14)33)11-18(27)34)29-12-30-21(19)32-8-6-16(32)13-1-3-15(4-2-13)22(24,25)26/h1-4,12,14,16-17,33H,5-11H2,(H2,27,34)(H,28,29,30)/t14-,16-,17+/m1/s1. The maximum atomic E-state index is 15.2. The molecule has 0 spiro atoms. The number of hydrogen-bond donors (Lipinski definition) is 3. The molecule has 3 heterocycles. The summed E-state index contributed by atoms with van der Waals surface area (Å²) < 4.78 is 53.7. The molecule has 4 N–H and O–H groups in total. The number of aliphatic hydroxyl groups is 1. The summed E-state index contributed by atoms with van der Waals surface area (Å²) in [6.07, 6.45) is -2.63. The third-order valence-corrected chi connectivity index (χ3v) is 6.40. The Morgan fingerprint density at radius 1 is 1.18 bits per heavy atom. The Morgan fingerprint density at radius 3 is 2.50 bits per heavy atom. The number of piperidine rings is 1. The van der Waals surface area contributed by atoms with E-state index in [2.05, 4.69) is 15.3 Å². The van der Waals surface area contributed by atoms with Gasteiger partial charge in [0.25, 0.3) is 0 Å². The number of aliphatic hydroxyl groups excluding tert-OH is 1. The van der Waals surface area contributed by atoms with Crippen molar-refractivity contribution in [2.75, 3.05) is 42.9 Å². The van der Waals surface area contributed by atoms with E-state index < -0.39 is 29.6 Å². The molecule has 0 radical (unpaired) electrons. The van der Waals surface area contributed by atoms with E-state index in [1.165, 1.54) is 18.5 Å². The number of alkyl halides is 3. The Labute approximate surface area is 193 Å². The number of β-amino-alcohol motifs (C(OH)–C–C–N with tert-alkyl or cyclic N) is 1. The summed E-state index contributed by atoms with van der Waals surface area (Å²) in [6.45, 7) is 1.76. The summed E-state index contributed by atoms with van der Waals surface area (Å²) in [5, 5.41) is 13.3. The van der Waals surface area contributed by atoms with Gasteiger partial charge >= 0.3 is 6.18 Å². The second kappa shape index (κ2) is 9.71. The van der Waals surface area contributed by atoms with Gasteiger partial charge in [0, 0.05) is 25.6 Å². The number of rotatable bonds is 7. The van der Waals surface area contributed by atoms with Crippen LogP contribution < -0.4 is 16.0 Å². The van der Waals surface area contributed by atoms with Crippen molar-refractivity contribution in [1.82, 2.24) is 14.9 Å². The highest BCUT2D eigenvalue weighted by Crippen LogP contribution is 2.39. The predicted octanol–water partition coefficient (Wildman–Crippen LogP) is 2.17. The molecule has 2 aromatic rings. The number of carbonyl (C=O) groups excluding carboxylic acids is 1. The number of carbonyl (C=O) groups is 1. The largest absolute Gasteiger partial charge is 0.416 e. The highest BCUT2D eigenvalue weighted by molar-refractivity contribution is 5.75. The zero-order valence-electron chi connectivity index (χ0n) is 18.3. The minimum atomic E-state index is -4.41. The molecule has 1 aromatic heterocycles. The monoisotopic (exact) mass is 482 g/mol. The van der Waals surface area contributed by atoms with Gasteiger partial charge in [-0.25, -0.2) is 9.97 Å². The highest BCUT2D eigenvalue weighted by Gasteiger charge is 2.35. The van der Waals surface area contributed by atoms with E-state index in [1.807, 2.05) is 0 Å². The molecule has 4 rings (SSSR count). The second-order valence-corrected chi connectivity index (χ2v) is 8.68. The van der Waals surface area contributed by atoms with Gasteiger partial charge in [-0.2, -0.15) is 17.6 Å². The summed E-state index contributed by atoms with van der Waals surface area (Å²) in [5.74, 6) is -1.20. The van der Waals surface area contributed by atoms with Crippen LogP contribution in [0.3, 0.4) is 0 Å². The maximum absolute atomic E-state index is 15.2. The molecule has 8 nitrogen and oxygen atoms in total. The molecule has 34 heavy (non-hydrogen) atoms. The number of nitrogens with one attached hydrogen (secondary N) is 1. The Balaban J connectivity index is 1.40. The third kappa shape index (κ3) is 5.22. The topological polar surface area (TPSA) is 108 Å². The van der Waals surface area contributed by atoms with Crippen LogP contribution in [-0.4, -0.2) is 64.7 Å². The number of aromatic nitrogens is 2. The molecule has 2 aliphatic rings. The number of likely N-dealkylation sites (tertiary alicyclic amines) is 1. The average molecular weight is 482 g/mol. The second-order valence-electron chi connectivity index (χ2n) is 8.68. The van der Waals surface area contributed by atoms with Crippen LogP contribution in [-0.2, 0) is 11.0 Å². The Bertz CT molecular complexity index is 1020. The van der Waals surface area contributed by atoms with Crippen molar-refractivity contribution in [2.24, 2.45) is 11.7 Å². The maximum Gasteiger partial charge on any atom is 0.416 e. The summed E-state index contributed by atoms with van der Waals surface area (Å²) in [4.78, 5) is 22.6. The molecule has 2 fully saturated rings. The number of hydrogen-bond acceptors (Lipinski definition) is 7. The number of nitrogens with two attached hydrogens (primary N) is 1. The lowest BCUT2D eigenvalue weighted by Gasteiger charge is -2.42. The first-order chi connectivity index (χ1) is 16.1. The zero-order valence-corrected chi connectivity index (χ0v) is 18.3. The summed E-state index contributed by atoms with van der Waals surface area (Å²) in [6, 6.07) is 4.58. The molecular weight excluding hydrogens is 456 g/mol. The van der Waals surface area contributed by atoms with E-state index in [0.717, 1.165) is 12.1 Å². The highest BCUT2D eigenvalue weighted by atomic mass is 19.4. The molecular formula is C22H26F4N6O2. The van der Waals surface area contributed by atoms with Crippen molar-refractivity contribution >= 4 is 17.5 Å². The van der Waals surface area contributed by atoms with E-state index in [4.69, 9.17) is 5.73 Å². The van der Waals surface area contributed by atoms with Gasteiger partial charge in [-0.15, -0.1) is 0 Å². The summed E-state index contributed by atoms with van der Waals surface area (Å²) in [7, 11) is 0. The van der Waals surface area contributed by atoms with Crippen molar-refractivity contribution in [2.45, 2.75) is 31.2 Å². The number of halogens is 4. The number of primary amides is 1. The van der Waals surface area contributed by atoms with Crippen LogP contribution >= 0.6 is 0 Å². The third-order valence-electron chi connectivity index (χ3n) is 6.40. The van der Waals surface area contributed by atoms with Gasteiger partial charge in [0.1, 0.15) is 6.33 Å². The normalized spacial score (nSPS) is 23.4. The molecule has 0 unspecified atom stereocenters. The van der Waals surface area contributed by atoms with Gasteiger partial charge in [0.15, 0.2) is 11.6 Å². The minimum absolute atomic E-state index is 0.00478. The van der Waals surface area contributed by atoms with Crippen molar-refractivity contribution in [1.29, 1.82) is 0 Å². The molecule has 12 heteroatoms. The molecule has 3 atom stereocenters. The van der Waals surface area contributed by atoms with Crippen LogP contribution in [0.2, 0.25) is 0 Å². The molecule has 0 saturated carbocycles. The fourth-order valence-electron chi connectivity index (χ4n) is 4.44. The predicted molar refractivity (Wildman–Crippen MR) is 116 cm³/mol. The first kappa shape index (κ1) is 24.1. The lowest BCUT2D eigenvalue weighted by atomic mass is 9.93. The molecule has 1 aromatic carbocycles. The quantitative estimate of drug-likeness (QED) is 0.519. The van der Waals surface area contributed by atoms with E-state index in [9.17, 15) is 23.1 Å². The Kier molecular flexibility index (Phi) is 6.89. The van der Waals surface area contributed by atoms with Crippen LogP contribution in [0, 0.1) is 11.7 Å². The number of benzene rings is 1. The molecule has 2 aliphatic heterocycles. The van der Waals surface area contributed by atoms with Crippen LogP contribution in [0.5, 0.6) is 0 Å². The van der Waals surface area contributed by atoms with Gasteiger partial charge < -0.3 is 21.1 Å². The number of nitrogens with zero attached hydrogens (tertiary/aromatic N) is 4. The van der Waals surface area contributed by atoms with Crippen molar-refractivity contribution in [3.63, 3.8) is 0 Å². The minimum Gasteiger partial charge on any atom is -0.391 e. The Morgan fingerprint density at radius 2 is 1.91 bits per heavy atom. The van der Waals surface area contributed by atoms with Gasteiger partial charge in [-0.3, -0.25) is 9.69 Å². The smallest absolute Gasteiger partial charge is 0.391 e. The number of amides is 1. The summed E-state index contributed by atoms with van der Waals surface area (Å²) in [5.41, 5.74) is 5.12. The summed E-state index contributed by atoms with van der Waals surface area (Å²) >= 11 is 0. The SMILES string of the molecule is NC(=O)CN1CC[C@H](CNc2ncnc(N3CC[C@@H]3c3ccc(C(F)(F)F)cc3)c2F)[C@@H](O)C1. The van der Waals surface area contributed by atoms with Crippen molar-refractivity contribution < 1.29 is 27.5 Å². The van der Waals surface area contributed by atoms with Crippen LogP contribution in [0.4, 0.5) is 29.2 Å². The molecule has 0 bridgehead atoms. The first-order valence-electron chi connectivity index (χ1n) is 11.0. The van der Waals surface area contributed by atoms with Crippen LogP contribution in [0.25, 0.3) is 0 Å². The molecule has 1 amide bonds. The van der Waals surface area contributed by atoms with Crippen molar-refractivity contribution in [3.8, 4) is 0 Å². The van der Waals surface area contributed by atoms with Crippen LogP contribution in [0.1, 0.15) is 30.0 Å². The number of anilines is 2. The fourth-order valence-corrected chi connectivity index (χ4v) is 4.44. The molecule has 0 aliphatic carbocycles. The Hall–Kier alpha value is -2.99. The van der Waals surface area contributed by atoms with E-state index in [1.54, 1.807) is 9.80 Å². The fraction of sp³-hybridized carbons (Fsp3) is 0.500. The van der Waals surface area contributed by atoms with Gasteiger partial charge in [0.2, 0.25) is 11.7 Å². The lowest BCUT2D eigenvalue weighted by molar-refractivity contribution is -0.137.